The number of aliphatic hydroxyl groups excluding tert-OH is 1. The average Bonchev–Trinajstić information content (AvgIpc) is 2.69. The highest BCUT2D eigenvalue weighted by Gasteiger charge is 2.48. The van der Waals surface area contributed by atoms with Gasteiger partial charge in [0, 0.05) is 31.5 Å². The topological polar surface area (TPSA) is 66.6 Å². The molecule has 0 aromatic carbocycles. The van der Waals surface area contributed by atoms with Crippen LogP contribution in [-0.2, 0) is 4.79 Å². The molecule has 1 heterocycles. The van der Waals surface area contributed by atoms with Gasteiger partial charge in [0.25, 0.3) is 0 Å². The van der Waals surface area contributed by atoms with Gasteiger partial charge in [-0.05, 0) is 18.8 Å². The number of hydrogen-bond acceptors (Lipinski definition) is 3. The van der Waals surface area contributed by atoms with E-state index < -0.39 is 0 Å². The Morgan fingerprint density at radius 2 is 2.31 bits per heavy atom. The van der Waals surface area contributed by atoms with E-state index in [2.05, 4.69) is 0 Å². The van der Waals surface area contributed by atoms with Crippen molar-refractivity contribution in [2.75, 3.05) is 26.2 Å². The number of fused-ring (bicyclic) bond motifs is 1. The minimum Gasteiger partial charge on any atom is -0.396 e. The summed E-state index contributed by atoms with van der Waals surface area (Å²) in [5.41, 5.74) is 5.41. The van der Waals surface area contributed by atoms with E-state index in [1.54, 1.807) is 0 Å². The second-order valence-electron chi connectivity index (χ2n) is 5.28. The standard InChI is InChI=1S/C12H22N2O2/c13-6-4-11(16)14-7-10-3-1-2-5-12(10,8-14)9-15/h10,15H,1-9,13H2/t10-,12+/m0/s1. The van der Waals surface area contributed by atoms with Gasteiger partial charge in [-0.25, -0.2) is 0 Å². The highest BCUT2D eigenvalue weighted by Crippen LogP contribution is 2.46. The molecule has 4 nitrogen and oxygen atoms in total. The Morgan fingerprint density at radius 3 is 2.94 bits per heavy atom. The molecule has 0 bridgehead atoms. The summed E-state index contributed by atoms with van der Waals surface area (Å²) in [6.07, 6.45) is 5.10. The monoisotopic (exact) mass is 226 g/mol. The smallest absolute Gasteiger partial charge is 0.223 e. The van der Waals surface area contributed by atoms with Crippen LogP contribution in [0.5, 0.6) is 0 Å². The van der Waals surface area contributed by atoms with Crippen LogP contribution in [0, 0.1) is 11.3 Å². The first-order valence-corrected chi connectivity index (χ1v) is 6.30. The number of aliphatic hydroxyl groups is 1. The lowest BCUT2D eigenvalue weighted by molar-refractivity contribution is -0.130. The molecule has 2 aliphatic rings. The van der Waals surface area contributed by atoms with Gasteiger partial charge in [-0.3, -0.25) is 4.79 Å². The molecule has 92 valence electrons. The third kappa shape index (κ3) is 1.96. The van der Waals surface area contributed by atoms with E-state index >= 15 is 0 Å². The van der Waals surface area contributed by atoms with Crippen LogP contribution < -0.4 is 5.73 Å². The van der Waals surface area contributed by atoms with Crippen LogP contribution in [-0.4, -0.2) is 42.2 Å². The van der Waals surface area contributed by atoms with Gasteiger partial charge in [0.15, 0.2) is 0 Å². The minimum absolute atomic E-state index is 0.00249. The van der Waals surface area contributed by atoms with Gasteiger partial charge in [-0.15, -0.1) is 0 Å². The Balaban J connectivity index is 2.04. The van der Waals surface area contributed by atoms with Crippen LogP contribution >= 0.6 is 0 Å². The summed E-state index contributed by atoms with van der Waals surface area (Å²) in [5.74, 6) is 0.665. The van der Waals surface area contributed by atoms with Crippen molar-refractivity contribution in [3.8, 4) is 0 Å². The maximum absolute atomic E-state index is 11.8. The zero-order chi connectivity index (χ0) is 11.6. The molecule has 1 aliphatic carbocycles. The highest BCUT2D eigenvalue weighted by molar-refractivity contribution is 5.76. The maximum atomic E-state index is 11.8. The number of likely N-dealkylation sites (tertiary alicyclic amines) is 1. The van der Waals surface area contributed by atoms with Crippen molar-refractivity contribution in [3.63, 3.8) is 0 Å². The summed E-state index contributed by atoms with van der Waals surface area (Å²) in [6.45, 7) is 2.22. The number of nitrogens with two attached hydrogens (primary N) is 1. The van der Waals surface area contributed by atoms with E-state index in [-0.39, 0.29) is 17.9 Å². The van der Waals surface area contributed by atoms with Gasteiger partial charge < -0.3 is 15.7 Å². The van der Waals surface area contributed by atoms with E-state index in [9.17, 15) is 9.90 Å². The van der Waals surface area contributed by atoms with Gasteiger partial charge >= 0.3 is 0 Å². The average molecular weight is 226 g/mol. The fraction of sp³-hybridized carbons (Fsp3) is 0.917. The first-order valence-electron chi connectivity index (χ1n) is 6.30. The van der Waals surface area contributed by atoms with Crippen LogP contribution in [0.1, 0.15) is 32.1 Å². The first kappa shape index (κ1) is 11.9. The third-order valence-electron chi connectivity index (χ3n) is 4.32. The van der Waals surface area contributed by atoms with Crippen LogP contribution in [0.4, 0.5) is 0 Å². The molecule has 4 heteroatoms. The van der Waals surface area contributed by atoms with E-state index in [1.807, 2.05) is 4.90 Å². The molecule has 0 unspecified atom stereocenters. The summed E-state index contributed by atoms with van der Waals surface area (Å²) >= 11 is 0. The predicted octanol–water partition coefficient (Wildman–Crippen LogP) is 0.346. The van der Waals surface area contributed by atoms with Gasteiger partial charge in [-0.1, -0.05) is 12.8 Å². The number of amides is 1. The Labute approximate surface area is 96.8 Å². The Morgan fingerprint density at radius 1 is 1.50 bits per heavy atom. The summed E-state index contributed by atoms with van der Waals surface area (Å²) in [6, 6.07) is 0. The zero-order valence-electron chi connectivity index (χ0n) is 9.82. The third-order valence-corrected chi connectivity index (χ3v) is 4.32. The molecule has 0 aromatic rings. The Kier molecular flexibility index (Phi) is 3.50. The van der Waals surface area contributed by atoms with Crippen LogP contribution in [0.2, 0.25) is 0 Å². The quantitative estimate of drug-likeness (QED) is 0.729. The summed E-state index contributed by atoms with van der Waals surface area (Å²) in [7, 11) is 0. The lowest BCUT2D eigenvalue weighted by atomic mass is 9.69. The molecule has 2 atom stereocenters. The molecule has 1 saturated heterocycles. The Bertz CT molecular complexity index is 270. The van der Waals surface area contributed by atoms with Gasteiger partial charge in [0.05, 0.1) is 6.61 Å². The number of carbonyl (C=O) groups is 1. The normalized spacial score (nSPS) is 33.9. The molecule has 1 amide bonds. The molecule has 16 heavy (non-hydrogen) atoms. The first-order chi connectivity index (χ1) is 7.72. The van der Waals surface area contributed by atoms with E-state index in [4.69, 9.17) is 5.73 Å². The van der Waals surface area contributed by atoms with E-state index in [1.165, 1.54) is 12.8 Å². The zero-order valence-corrected chi connectivity index (χ0v) is 9.82. The summed E-state index contributed by atoms with van der Waals surface area (Å²) in [5, 5.41) is 9.62. The van der Waals surface area contributed by atoms with Crippen LogP contribution in [0.3, 0.4) is 0 Å². The van der Waals surface area contributed by atoms with Crippen LogP contribution in [0.15, 0.2) is 0 Å². The Hall–Kier alpha value is -0.610. The fourth-order valence-corrected chi connectivity index (χ4v) is 3.31. The minimum atomic E-state index is 0.00249. The number of nitrogens with zero attached hydrogens (tertiary/aromatic N) is 1. The number of hydrogen-bond donors (Lipinski definition) is 2. The molecular formula is C12H22N2O2. The van der Waals surface area contributed by atoms with Crippen molar-refractivity contribution in [3.05, 3.63) is 0 Å². The van der Waals surface area contributed by atoms with Gasteiger partial charge in [0.2, 0.25) is 5.91 Å². The number of carbonyl (C=O) groups excluding carboxylic acids is 1. The molecule has 1 aliphatic heterocycles. The van der Waals surface area contributed by atoms with Crippen molar-refractivity contribution >= 4 is 5.91 Å². The molecule has 1 saturated carbocycles. The SMILES string of the molecule is NCCC(=O)N1C[C@@H]2CCCC[C@]2(CO)C1. The van der Waals surface area contributed by atoms with E-state index in [0.29, 0.717) is 18.9 Å². The molecule has 0 radical (unpaired) electrons. The lowest BCUT2D eigenvalue weighted by Gasteiger charge is -2.36. The van der Waals surface area contributed by atoms with Crippen molar-refractivity contribution in [2.45, 2.75) is 32.1 Å². The van der Waals surface area contributed by atoms with Crippen molar-refractivity contribution in [1.29, 1.82) is 0 Å². The second-order valence-corrected chi connectivity index (χ2v) is 5.28. The molecule has 2 fully saturated rings. The van der Waals surface area contributed by atoms with Crippen molar-refractivity contribution in [2.24, 2.45) is 17.1 Å². The second kappa shape index (κ2) is 4.72. The molecular weight excluding hydrogens is 204 g/mol. The molecule has 0 aromatic heterocycles. The maximum Gasteiger partial charge on any atom is 0.223 e. The molecule has 0 spiro atoms. The highest BCUT2D eigenvalue weighted by atomic mass is 16.3. The lowest BCUT2D eigenvalue weighted by Crippen LogP contribution is -2.37. The molecule has 2 rings (SSSR count). The fourth-order valence-electron chi connectivity index (χ4n) is 3.31. The summed E-state index contributed by atoms with van der Waals surface area (Å²) < 4.78 is 0. The van der Waals surface area contributed by atoms with Crippen molar-refractivity contribution < 1.29 is 9.90 Å². The predicted molar refractivity (Wildman–Crippen MR) is 61.7 cm³/mol. The van der Waals surface area contributed by atoms with Crippen molar-refractivity contribution in [1.82, 2.24) is 4.90 Å². The molecule has 3 N–H and O–H groups in total. The summed E-state index contributed by atoms with van der Waals surface area (Å²) in [4.78, 5) is 13.7. The van der Waals surface area contributed by atoms with Crippen LogP contribution in [0.25, 0.3) is 0 Å². The largest absolute Gasteiger partial charge is 0.396 e. The number of rotatable bonds is 3. The van der Waals surface area contributed by atoms with E-state index in [0.717, 1.165) is 25.9 Å². The van der Waals surface area contributed by atoms with Gasteiger partial charge in [-0.2, -0.15) is 0 Å². The van der Waals surface area contributed by atoms with Gasteiger partial charge in [0.1, 0.15) is 0 Å².